The molecule has 0 atom stereocenters. The van der Waals surface area contributed by atoms with Crippen LogP contribution < -0.4 is 0 Å². The number of para-hydroxylation sites is 2. The van der Waals surface area contributed by atoms with Gasteiger partial charge in [0.05, 0.1) is 5.56 Å². The Balaban J connectivity index is 1.23. The van der Waals surface area contributed by atoms with E-state index in [0.717, 1.165) is 44.0 Å². The van der Waals surface area contributed by atoms with Crippen molar-refractivity contribution in [3.8, 4) is 45.3 Å². The van der Waals surface area contributed by atoms with Crippen LogP contribution in [0.5, 0.6) is 0 Å². The van der Waals surface area contributed by atoms with Crippen molar-refractivity contribution in [2.75, 3.05) is 0 Å². The van der Waals surface area contributed by atoms with Gasteiger partial charge in [-0.25, -0.2) is 15.0 Å². The molecule has 0 saturated heterocycles. The highest BCUT2D eigenvalue weighted by molar-refractivity contribution is 6.17. The molecule has 4 heteroatoms. The molecular formula is C45H27N3O. The van der Waals surface area contributed by atoms with Gasteiger partial charge in [0.1, 0.15) is 11.2 Å². The number of nitrogens with zero attached hydrogens (tertiary/aromatic N) is 3. The van der Waals surface area contributed by atoms with E-state index in [1.165, 1.54) is 38.1 Å². The summed E-state index contributed by atoms with van der Waals surface area (Å²) in [7, 11) is 0. The summed E-state index contributed by atoms with van der Waals surface area (Å²) in [6, 6.07) is 57.0. The van der Waals surface area contributed by atoms with Crippen molar-refractivity contribution in [1.29, 1.82) is 0 Å². The Morgan fingerprint density at radius 3 is 1.84 bits per heavy atom. The Labute approximate surface area is 282 Å². The van der Waals surface area contributed by atoms with Crippen LogP contribution in [0, 0.1) is 0 Å². The first kappa shape index (κ1) is 27.5. The number of fused-ring (bicyclic) bond motifs is 7. The van der Waals surface area contributed by atoms with Crippen LogP contribution in [0.1, 0.15) is 0 Å². The zero-order valence-electron chi connectivity index (χ0n) is 26.3. The largest absolute Gasteiger partial charge is 0.455 e. The number of hydrogen-bond acceptors (Lipinski definition) is 4. The van der Waals surface area contributed by atoms with Crippen molar-refractivity contribution in [3.05, 3.63) is 164 Å². The van der Waals surface area contributed by atoms with Gasteiger partial charge in [0.2, 0.25) is 0 Å². The number of benzene rings is 8. The molecule has 10 aromatic rings. The third-order valence-corrected chi connectivity index (χ3v) is 9.51. The molecule has 10 rings (SSSR count). The van der Waals surface area contributed by atoms with Gasteiger partial charge in [-0.15, -0.1) is 0 Å². The van der Waals surface area contributed by atoms with Crippen LogP contribution in [-0.2, 0) is 0 Å². The van der Waals surface area contributed by atoms with Gasteiger partial charge in [0.15, 0.2) is 17.5 Å². The van der Waals surface area contributed by atoms with E-state index in [9.17, 15) is 0 Å². The number of hydrogen-bond donors (Lipinski definition) is 0. The van der Waals surface area contributed by atoms with Gasteiger partial charge in [0, 0.05) is 21.9 Å². The highest BCUT2D eigenvalue weighted by Crippen LogP contribution is 2.40. The predicted molar refractivity (Wildman–Crippen MR) is 201 cm³/mol. The number of furan rings is 1. The molecule has 0 unspecified atom stereocenters. The van der Waals surface area contributed by atoms with Crippen molar-refractivity contribution in [2.45, 2.75) is 0 Å². The van der Waals surface area contributed by atoms with E-state index in [1.807, 2.05) is 60.7 Å². The molecule has 0 saturated carbocycles. The van der Waals surface area contributed by atoms with E-state index < -0.39 is 0 Å². The lowest BCUT2D eigenvalue weighted by molar-refractivity contribution is 0.669. The average Bonchev–Trinajstić information content (AvgIpc) is 3.56. The van der Waals surface area contributed by atoms with Crippen molar-refractivity contribution in [2.24, 2.45) is 0 Å². The average molecular weight is 626 g/mol. The molecule has 49 heavy (non-hydrogen) atoms. The molecule has 0 bridgehead atoms. The number of aromatic nitrogens is 3. The van der Waals surface area contributed by atoms with Crippen LogP contribution in [0.4, 0.5) is 0 Å². The summed E-state index contributed by atoms with van der Waals surface area (Å²) in [6.07, 6.45) is 0. The second kappa shape index (κ2) is 11.0. The Bertz CT molecular complexity index is 2890. The second-order valence-electron chi connectivity index (χ2n) is 12.4. The SMILES string of the molecule is c1ccc(-c2nc(-c3ccc4c(-c5cccc6ccccc56)cc5ccccc5c4c3)nc(-c3cccc4c3oc3ccccc34)n2)cc1. The van der Waals surface area contributed by atoms with Gasteiger partial charge < -0.3 is 4.42 Å². The molecule has 0 fully saturated rings. The predicted octanol–water partition coefficient (Wildman–Crippen LogP) is 11.9. The first-order valence-electron chi connectivity index (χ1n) is 16.4. The maximum Gasteiger partial charge on any atom is 0.167 e. The zero-order chi connectivity index (χ0) is 32.3. The lowest BCUT2D eigenvalue weighted by atomic mass is 9.90. The molecule has 0 amide bonds. The van der Waals surface area contributed by atoms with Crippen molar-refractivity contribution in [1.82, 2.24) is 15.0 Å². The van der Waals surface area contributed by atoms with Gasteiger partial charge in [-0.2, -0.15) is 0 Å². The van der Waals surface area contributed by atoms with E-state index in [0.29, 0.717) is 17.5 Å². The molecule has 4 nitrogen and oxygen atoms in total. The molecule has 0 spiro atoms. The Kier molecular flexibility index (Phi) is 6.15. The molecule has 0 aliphatic rings. The summed E-state index contributed by atoms with van der Waals surface area (Å²) in [5.74, 6) is 1.80. The number of rotatable bonds is 4. The maximum atomic E-state index is 6.42. The van der Waals surface area contributed by atoms with E-state index >= 15 is 0 Å². The Hall–Kier alpha value is -6.65. The van der Waals surface area contributed by atoms with Crippen LogP contribution in [-0.4, -0.2) is 15.0 Å². The van der Waals surface area contributed by atoms with Crippen LogP contribution in [0.3, 0.4) is 0 Å². The van der Waals surface area contributed by atoms with Gasteiger partial charge in [-0.3, -0.25) is 0 Å². The van der Waals surface area contributed by atoms with E-state index in [-0.39, 0.29) is 0 Å². The summed E-state index contributed by atoms with van der Waals surface area (Å²) in [4.78, 5) is 15.3. The molecule has 0 aliphatic carbocycles. The molecule has 0 N–H and O–H groups in total. The summed E-state index contributed by atoms with van der Waals surface area (Å²) in [5.41, 5.74) is 6.71. The van der Waals surface area contributed by atoms with Gasteiger partial charge in [0.25, 0.3) is 0 Å². The fourth-order valence-electron chi connectivity index (χ4n) is 7.19. The van der Waals surface area contributed by atoms with E-state index in [1.54, 1.807) is 0 Å². The lowest BCUT2D eigenvalue weighted by Crippen LogP contribution is -2.00. The monoisotopic (exact) mass is 625 g/mol. The molecule has 0 aliphatic heterocycles. The standard InChI is InChI=1S/C45H27N3O/c1-2-13-29(14-3-1)43-46-44(48-45(47-43)38-22-11-21-37-36-19-8-9-23-41(36)49-42(37)38)31-24-25-35-39(27-31)33-18-7-5-15-30(33)26-40(35)34-20-10-16-28-12-4-6-17-32(28)34/h1-27H. The quantitative estimate of drug-likeness (QED) is 0.183. The van der Waals surface area contributed by atoms with Gasteiger partial charge >= 0.3 is 0 Å². The minimum absolute atomic E-state index is 0.572. The Morgan fingerprint density at radius 2 is 0.959 bits per heavy atom. The van der Waals surface area contributed by atoms with E-state index in [4.69, 9.17) is 19.4 Å². The van der Waals surface area contributed by atoms with Crippen LogP contribution in [0.2, 0.25) is 0 Å². The summed E-state index contributed by atoms with van der Waals surface area (Å²) < 4.78 is 6.42. The highest BCUT2D eigenvalue weighted by atomic mass is 16.3. The molecule has 2 heterocycles. The minimum Gasteiger partial charge on any atom is -0.455 e. The fourth-order valence-corrected chi connectivity index (χ4v) is 7.19. The third kappa shape index (κ3) is 4.49. The molecule has 8 aromatic carbocycles. The summed E-state index contributed by atoms with van der Waals surface area (Å²) in [6.45, 7) is 0. The third-order valence-electron chi connectivity index (χ3n) is 9.51. The smallest absolute Gasteiger partial charge is 0.167 e. The first-order valence-corrected chi connectivity index (χ1v) is 16.4. The Morgan fingerprint density at radius 1 is 0.327 bits per heavy atom. The first-order chi connectivity index (χ1) is 24.3. The summed E-state index contributed by atoms with van der Waals surface area (Å²) in [5, 5.41) is 9.28. The zero-order valence-corrected chi connectivity index (χ0v) is 26.3. The van der Waals surface area contributed by atoms with Crippen LogP contribution >= 0.6 is 0 Å². The molecule has 2 aromatic heterocycles. The van der Waals surface area contributed by atoms with Crippen LogP contribution in [0.25, 0.3) is 99.5 Å². The minimum atomic E-state index is 0.572. The van der Waals surface area contributed by atoms with E-state index in [2.05, 4.69) is 103 Å². The van der Waals surface area contributed by atoms with Gasteiger partial charge in [-0.1, -0.05) is 140 Å². The van der Waals surface area contributed by atoms with Gasteiger partial charge in [-0.05, 0) is 67.7 Å². The molecule has 0 radical (unpaired) electrons. The second-order valence-corrected chi connectivity index (χ2v) is 12.4. The van der Waals surface area contributed by atoms with Crippen LogP contribution in [0.15, 0.2) is 168 Å². The molecule has 228 valence electrons. The normalized spacial score (nSPS) is 11.7. The topological polar surface area (TPSA) is 51.8 Å². The highest BCUT2D eigenvalue weighted by Gasteiger charge is 2.19. The maximum absolute atomic E-state index is 6.42. The van der Waals surface area contributed by atoms with Crippen molar-refractivity contribution < 1.29 is 4.42 Å². The summed E-state index contributed by atoms with van der Waals surface area (Å²) >= 11 is 0. The van der Waals surface area contributed by atoms with Crippen molar-refractivity contribution >= 4 is 54.3 Å². The lowest BCUT2D eigenvalue weighted by Gasteiger charge is -2.15. The fraction of sp³-hybridized carbons (Fsp3) is 0. The molecular weight excluding hydrogens is 599 g/mol. The van der Waals surface area contributed by atoms with Crippen molar-refractivity contribution in [3.63, 3.8) is 0 Å².